The highest BCUT2D eigenvalue weighted by Crippen LogP contribution is 2.42. The first kappa shape index (κ1) is 25.4. The molecule has 3 aromatic heterocycles. The van der Waals surface area contributed by atoms with Crippen LogP contribution < -0.4 is 4.74 Å². The predicted octanol–water partition coefficient (Wildman–Crippen LogP) is 7.65. The van der Waals surface area contributed by atoms with E-state index in [0.717, 1.165) is 6.20 Å². The van der Waals surface area contributed by atoms with Gasteiger partial charge in [-0.25, -0.2) is 4.98 Å². The van der Waals surface area contributed by atoms with Crippen LogP contribution in [0.1, 0.15) is 37.1 Å². The van der Waals surface area contributed by atoms with E-state index >= 15 is 0 Å². The molecule has 37 heavy (non-hydrogen) atoms. The van der Waals surface area contributed by atoms with Gasteiger partial charge in [0.15, 0.2) is 5.69 Å². The fourth-order valence-electron chi connectivity index (χ4n) is 4.85. The van der Waals surface area contributed by atoms with E-state index in [-0.39, 0.29) is 53.9 Å². The minimum Gasteiger partial charge on any atom is -0.490 e. The number of fused-ring (bicyclic) bond motifs is 1. The van der Waals surface area contributed by atoms with E-state index in [1.165, 1.54) is 24.5 Å². The van der Waals surface area contributed by atoms with Gasteiger partial charge < -0.3 is 14.3 Å². The van der Waals surface area contributed by atoms with Crippen molar-refractivity contribution >= 4 is 22.5 Å². The third kappa shape index (κ3) is 5.41. The van der Waals surface area contributed by atoms with Gasteiger partial charge in [-0.15, -0.1) is 0 Å². The van der Waals surface area contributed by atoms with Gasteiger partial charge in [-0.05, 0) is 55.5 Å². The average molecular weight is 543 g/mol. The van der Waals surface area contributed by atoms with Crippen LogP contribution in [0, 0.1) is 5.92 Å². The second-order valence-corrected chi connectivity index (χ2v) is 9.54. The number of hydrogen-bond acceptors (Lipinski definition) is 3. The molecule has 0 amide bonds. The summed E-state index contributed by atoms with van der Waals surface area (Å²) in [6.07, 6.45) is -3.26. The summed E-state index contributed by atoms with van der Waals surface area (Å²) in [5.74, 6) is -1.07. The van der Waals surface area contributed by atoms with E-state index in [0.29, 0.717) is 16.8 Å². The van der Waals surface area contributed by atoms with Crippen LogP contribution in [0.5, 0.6) is 5.75 Å². The lowest BCUT2D eigenvalue weighted by atomic mass is 9.87. The molecule has 0 atom stereocenters. The molecule has 3 heterocycles. The van der Waals surface area contributed by atoms with Crippen LogP contribution in [0.2, 0.25) is 5.02 Å². The highest BCUT2D eigenvalue weighted by Gasteiger charge is 2.42. The van der Waals surface area contributed by atoms with Crippen LogP contribution in [0.3, 0.4) is 0 Å². The molecule has 1 N–H and O–H groups in total. The standard InChI is InChI=1S/C25H21ClF6N4O/c26-16-7-14(8-19(9-16)37-18-3-1-15(2-4-18)24(27,28)29)20-12-36(11-17-10-33-13-35-17)21-5-6-34-23(22(20)21)25(30,31)32/h5-10,12-13,15,18H,1-4,11H2,(H,33,35). The Morgan fingerprint density at radius 3 is 2.46 bits per heavy atom. The number of pyridine rings is 1. The maximum atomic E-state index is 14.0. The molecule has 1 fully saturated rings. The highest BCUT2D eigenvalue weighted by atomic mass is 35.5. The summed E-state index contributed by atoms with van der Waals surface area (Å²) in [4.78, 5) is 10.5. The Balaban J connectivity index is 1.52. The molecule has 5 nitrogen and oxygen atoms in total. The maximum Gasteiger partial charge on any atom is 0.434 e. The molecule has 0 radical (unpaired) electrons. The SMILES string of the molecule is FC(F)(F)c1nccc2c1c(-c1cc(Cl)cc(OC3CCC(C(F)(F)F)CC3)c1)cn2Cc1cnc[nH]1. The predicted molar refractivity (Wildman–Crippen MR) is 125 cm³/mol. The van der Waals surface area contributed by atoms with Crippen molar-refractivity contribution in [3.63, 3.8) is 0 Å². The molecule has 12 heteroatoms. The van der Waals surface area contributed by atoms with E-state index in [9.17, 15) is 26.3 Å². The lowest BCUT2D eigenvalue weighted by Crippen LogP contribution is -2.31. The second kappa shape index (κ2) is 9.59. The van der Waals surface area contributed by atoms with Gasteiger partial charge in [-0.2, -0.15) is 26.3 Å². The van der Waals surface area contributed by atoms with E-state index in [2.05, 4.69) is 15.0 Å². The Bertz CT molecular complexity index is 1390. The summed E-state index contributed by atoms with van der Waals surface area (Å²) in [6.45, 7) is 0.240. The van der Waals surface area contributed by atoms with Crippen molar-refractivity contribution in [1.29, 1.82) is 0 Å². The zero-order valence-corrected chi connectivity index (χ0v) is 20.0. The molecule has 5 rings (SSSR count). The average Bonchev–Trinajstić information content (AvgIpc) is 3.46. The van der Waals surface area contributed by atoms with E-state index in [4.69, 9.17) is 16.3 Å². The van der Waals surface area contributed by atoms with Crippen LogP contribution in [0.15, 0.2) is 49.2 Å². The third-order valence-corrected chi connectivity index (χ3v) is 6.80. The number of ether oxygens (including phenoxy) is 1. The number of benzene rings is 1. The van der Waals surface area contributed by atoms with Crippen molar-refractivity contribution in [3.05, 3.63) is 65.6 Å². The fourth-order valence-corrected chi connectivity index (χ4v) is 5.08. The third-order valence-electron chi connectivity index (χ3n) is 6.58. The van der Waals surface area contributed by atoms with Gasteiger partial charge in [0.05, 0.1) is 36.1 Å². The minimum absolute atomic E-state index is 0.0384. The molecule has 196 valence electrons. The highest BCUT2D eigenvalue weighted by molar-refractivity contribution is 6.31. The number of hydrogen-bond donors (Lipinski definition) is 1. The van der Waals surface area contributed by atoms with Gasteiger partial charge in [0.1, 0.15) is 5.75 Å². The first-order chi connectivity index (χ1) is 17.5. The van der Waals surface area contributed by atoms with Gasteiger partial charge in [-0.3, -0.25) is 4.98 Å². The summed E-state index contributed by atoms with van der Waals surface area (Å²) < 4.78 is 88.5. The Morgan fingerprint density at radius 2 is 1.81 bits per heavy atom. The Hall–Kier alpha value is -3.21. The van der Waals surface area contributed by atoms with Crippen molar-refractivity contribution in [2.24, 2.45) is 5.92 Å². The Labute approximate surface area is 212 Å². The first-order valence-corrected chi connectivity index (χ1v) is 11.9. The van der Waals surface area contributed by atoms with Crippen molar-refractivity contribution < 1.29 is 31.1 Å². The van der Waals surface area contributed by atoms with Crippen LogP contribution >= 0.6 is 11.6 Å². The maximum absolute atomic E-state index is 14.0. The summed E-state index contributed by atoms with van der Waals surface area (Å²) >= 11 is 6.32. The fraction of sp³-hybridized carbons (Fsp3) is 0.360. The quantitative estimate of drug-likeness (QED) is 0.264. The summed E-state index contributed by atoms with van der Waals surface area (Å²) in [7, 11) is 0. The van der Waals surface area contributed by atoms with Gasteiger partial charge in [-0.1, -0.05) is 11.6 Å². The molecule has 1 saturated carbocycles. The monoisotopic (exact) mass is 542 g/mol. The summed E-state index contributed by atoms with van der Waals surface area (Å²) in [5, 5.41) is 0.136. The Morgan fingerprint density at radius 1 is 1.05 bits per heavy atom. The van der Waals surface area contributed by atoms with E-state index < -0.39 is 30.1 Å². The number of imidazole rings is 1. The van der Waals surface area contributed by atoms with Crippen LogP contribution in [0.25, 0.3) is 22.0 Å². The lowest BCUT2D eigenvalue weighted by Gasteiger charge is -2.30. The molecule has 0 saturated heterocycles. The van der Waals surface area contributed by atoms with Crippen molar-refractivity contribution in [3.8, 4) is 16.9 Å². The molecule has 1 aliphatic rings. The number of halogens is 7. The molecule has 0 unspecified atom stereocenters. The van der Waals surface area contributed by atoms with Crippen molar-refractivity contribution in [2.45, 2.75) is 50.7 Å². The van der Waals surface area contributed by atoms with Gasteiger partial charge in [0, 0.05) is 34.6 Å². The number of nitrogens with zero attached hydrogens (tertiary/aromatic N) is 3. The molecule has 4 aromatic rings. The topological polar surface area (TPSA) is 55.7 Å². The van der Waals surface area contributed by atoms with Crippen LogP contribution in [0.4, 0.5) is 26.3 Å². The zero-order chi connectivity index (χ0) is 26.4. The van der Waals surface area contributed by atoms with E-state index in [1.807, 2.05) is 0 Å². The number of nitrogens with one attached hydrogen (secondary N) is 1. The van der Waals surface area contributed by atoms with Crippen LogP contribution in [-0.4, -0.2) is 31.8 Å². The Kier molecular flexibility index (Phi) is 6.59. The van der Waals surface area contributed by atoms with Gasteiger partial charge in [0.2, 0.25) is 0 Å². The number of rotatable bonds is 5. The van der Waals surface area contributed by atoms with Crippen molar-refractivity contribution in [2.75, 3.05) is 0 Å². The van der Waals surface area contributed by atoms with Gasteiger partial charge in [0.25, 0.3) is 0 Å². The molecular formula is C25H21ClF6N4O. The van der Waals surface area contributed by atoms with E-state index in [1.54, 1.807) is 23.0 Å². The number of aromatic amines is 1. The molecule has 1 aromatic carbocycles. The zero-order valence-electron chi connectivity index (χ0n) is 19.2. The second-order valence-electron chi connectivity index (χ2n) is 9.11. The lowest BCUT2D eigenvalue weighted by molar-refractivity contribution is -0.185. The normalized spacial score (nSPS) is 18.9. The largest absolute Gasteiger partial charge is 0.490 e. The number of aromatic nitrogens is 4. The number of alkyl halides is 6. The van der Waals surface area contributed by atoms with Crippen molar-refractivity contribution in [1.82, 2.24) is 19.5 Å². The first-order valence-electron chi connectivity index (χ1n) is 11.6. The summed E-state index contributed by atoms with van der Waals surface area (Å²) in [5.41, 5.74) is 0.607. The smallest absolute Gasteiger partial charge is 0.434 e. The number of H-pyrrole nitrogens is 1. The molecule has 0 bridgehead atoms. The minimum atomic E-state index is -4.70. The molecule has 0 aliphatic heterocycles. The molecule has 0 spiro atoms. The molecule has 1 aliphatic carbocycles. The van der Waals surface area contributed by atoms with Crippen LogP contribution in [-0.2, 0) is 12.7 Å². The summed E-state index contributed by atoms with van der Waals surface area (Å²) in [6, 6.07) is 6.10. The van der Waals surface area contributed by atoms with Gasteiger partial charge >= 0.3 is 12.4 Å². The molecular weight excluding hydrogens is 522 g/mol.